The van der Waals surface area contributed by atoms with Crippen molar-refractivity contribution in [3.63, 3.8) is 0 Å². The van der Waals surface area contributed by atoms with Gasteiger partial charge < -0.3 is 14.4 Å². The molecule has 136 valence electrons. The van der Waals surface area contributed by atoms with Gasteiger partial charge in [-0.2, -0.15) is 0 Å². The first-order chi connectivity index (χ1) is 12.3. The van der Waals surface area contributed by atoms with Gasteiger partial charge in [0.05, 0.1) is 0 Å². The molecular weight excluding hydrogens is 316 g/mol. The van der Waals surface area contributed by atoms with Crippen LogP contribution in [0.25, 0.3) is 0 Å². The Morgan fingerprint density at radius 3 is 2.56 bits per heavy atom. The van der Waals surface area contributed by atoms with Crippen LogP contribution in [0.2, 0.25) is 0 Å². The highest BCUT2D eigenvalue weighted by molar-refractivity contribution is 5.76. The molecule has 0 N–H and O–H groups in total. The molecule has 25 heavy (non-hydrogen) atoms. The van der Waals surface area contributed by atoms with Crippen LogP contribution in [0.3, 0.4) is 0 Å². The van der Waals surface area contributed by atoms with E-state index in [1.165, 1.54) is 37.7 Å². The van der Waals surface area contributed by atoms with Crippen molar-refractivity contribution < 1.29 is 14.3 Å². The van der Waals surface area contributed by atoms with Gasteiger partial charge in [-0.25, -0.2) is 0 Å². The Labute approximate surface area is 149 Å². The lowest BCUT2D eigenvalue weighted by Gasteiger charge is -2.35. The van der Waals surface area contributed by atoms with Gasteiger partial charge in [-0.15, -0.1) is 0 Å². The van der Waals surface area contributed by atoms with Crippen molar-refractivity contribution in [2.45, 2.75) is 45.1 Å². The summed E-state index contributed by atoms with van der Waals surface area (Å²) in [5.74, 6) is 2.68. The van der Waals surface area contributed by atoms with Gasteiger partial charge in [0.25, 0.3) is 0 Å². The molecule has 1 aliphatic carbocycles. The normalized spacial score (nSPS) is 21.5. The smallest absolute Gasteiger partial charge is 0.231 e. The van der Waals surface area contributed by atoms with Crippen LogP contribution in [0.15, 0.2) is 18.2 Å². The third-order valence-corrected chi connectivity index (χ3v) is 5.76. The molecule has 3 aliphatic rings. The maximum absolute atomic E-state index is 12.5. The molecule has 0 spiro atoms. The Morgan fingerprint density at radius 2 is 1.76 bits per heavy atom. The van der Waals surface area contributed by atoms with Crippen molar-refractivity contribution in [1.29, 1.82) is 0 Å². The molecule has 4 rings (SSSR count). The molecule has 0 bridgehead atoms. The van der Waals surface area contributed by atoms with E-state index in [0.717, 1.165) is 50.6 Å². The summed E-state index contributed by atoms with van der Waals surface area (Å²) < 4.78 is 10.8. The van der Waals surface area contributed by atoms with Crippen molar-refractivity contribution in [1.82, 2.24) is 9.80 Å². The summed E-state index contributed by atoms with van der Waals surface area (Å²) in [7, 11) is 0. The van der Waals surface area contributed by atoms with E-state index in [1.807, 2.05) is 6.07 Å². The van der Waals surface area contributed by atoms with E-state index >= 15 is 0 Å². The van der Waals surface area contributed by atoms with Gasteiger partial charge in [0, 0.05) is 39.1 Å². The van der Waals surface area contributed by atoms with Gasteiger partial charge in [0.15, 0.2) is 11.5 Å². The molecule has 0 aromatic heterocycles. The highest BCUT2D eigenvalue weighted by atomic mass is 16.7. The molecule has 1 aromatic carbocycles. The molecule has 2 heterocycles. The minimum Gasteiger partial charge on any atom is -0.454 e. The van der Waals surface area contributed by atoms with E-state index in [0.29, 0.717) is 18.6 Å². The van der Waals surface area contributed by atoms with Crippen LogP contribution in [0.4, 0.5) is 0 Å². The summed E-state index contributed by atoms with van der Waals surface area (Å²) in [4.78, 5) is 17.0. The number of carbonyl (C=O) groups excluding carboxylic acids is 1. The summed E-state index contributed by atoms with van der Waals surface area (Å²) in [5, 5.41) is 0. The van der Waals surface area contributed by atoms with Gasteiger partial charge in [-0.1, -0.05) is 25.3 Å². The molecule has 1 aromatic rings. The standard InChI is InChI=1S/C20H28N2O3/c23-20(13-16-4-2-1-3-5-16)22-10-8-21(9-11-22)14-17-6-7-18-19(12-17)25-15-24-18/h6-7,12,16H,1-5,8-11,13-15H2. The number of hydrogen-bond acceptors (Lipinski definition) is 4. The molecule has 0 radical (unpaired) electrons. The van der Waals surface area contributed by atoms with Crippen molar-refractivity contribution in [2.24, 2.45) is 5.92 Å². The number of carbonyl (C=O) groups is 1. The number of amides is 1. The number of benzene rings is 1. The molecule has 0 unspecified atom stereocenters. The van der Waals surface area contributed by atoms with Crippen molar-refractivity contribution in [2.75, 3.05) is 33.0 Å². The first kappa shape index (κ1) is 16.7. The van der Waals surface area contributed by atoms with Crippen LogP contribution in [0, 0.1) is 5.92 Å². The first-order valence-corrected chi connectivity index (χ1v) is 9.66. The van der Waals surface area contributed by atoms with Crippen LogP contribution < -0.4 is 9.47 Å². The van der Waals surface area contributed by atoms with Crippen LogP contribution in [0.5, 0.6) is 11.5 Å². The maximum atomic E-state index is 12.5. The van der Waals surface area contributed by atoms with Crippen molar-refractivity contribution in [3.05, 3.63) is 23.8 Å². The van der Waals surface area contributed by atoms with Crippen LogP contribution in [-0.4, -0.2) is 48.7 Å². The van der Waals surface area contributed by atoms with Crippen LogP contribution in [-0.2, 0) is 11.3 Å². The third-order valence-electron chi connectivity index (χ3n) is 5.76. The summed E-state index contributed by atoms with van der Waals surface area (Å²) in [6, 6.07) is 6.17. The van der Waals surface area contributed by atoms with Crippen molar-refractivity contribution in [3.8, 4) is 11.5 Å². The van der Waals surface area contributed by atoms with Crippen molar-refractivity contribution >= 4 is 5.91 Å². The predicted molar refractivity (Wildman–Crippen MR) is 95.6 cm³/mol. The zero-order valence-electron chi connectivity index (χ0n) is 14.9. The Balaban J connectivity index is 1.24. The Morgan fingerprint density at radius 1 is 1.00 bits per heavy atom. The molecule has 5 nitrogen and oxygen atoms in total. The highest BCUT2D eigenvalue weighted by Crippen LogP contribution is 2.33. The number of ether oxygens (including phenoxy) is 2. The number of hydrogen-bond donors (Lipinski definition) is 0. The SMILES string of the molecule is O=C(CC1CCCCC1)N1CCN(Cc2ccc3c(c2)OCO3)CC1. The summed E-state index contributed by atoms with van der Waals surface area (Å²) in [6.07, 6.45) is 7.22. The third kappa shape index (κ3) is 4.09. The topological polar surface area (TPSA) is 42.0 Å². The largest absolute Gasteiger partial charge is 0.454 e. The van der Waals surface area contributed by atoms with E-state index in [4.69, 9.17) is 9.47 Å². The number of fused-ring (bicyclic) bond motifs is 1. The fourth-order valence-corrected chi connectivity index (χ4v) is 4.22. The summed E-state index contributed by atoms with van der Waals surface area (Å²) in [5.41, 5.74) is 1.24. The minimum absolute atomic E-state index is 0.320. The second-order valence-electron chi connectivity index (χ2n) is 7.55. The maximum Gasteiger partial charge on any atom is 0.231 e. The van der Waals surface area contributed by atoms with Gasteiger partial charge in [0.2, 0.25) is 12.7 Å². The zero-order chi connectivity index (χ0) is 17.1. The predicted octanol–water partition coefficient (Wildman–Crippen LogP) is 3.03. The molecule has 1 saturated heterocycles. The second kappa shape index (κ2) is 7.65. The van der Waals surface area contributed by atoms with E-state index in [1.54, 1.807) is 0 Å². The van der Waals surface area contributed by atoms with Gasteiger partial charge in [0.1, 0.15) is 0 Å². The molecule has 2 fully saturated rings. The first-order valence-electron chi connectivity index (χ1n) is 9.66. The lowest BCUT2D eigenvalue weighted by Crippen LogP contribution is -2.48. The van der Waals surface area contributed by atoms with Crippen LogP contribution in [0.1, 0.15) is 44.1 Å². The van der Waals surface area contributed by atoms with E-state index < -0.39 is 0 Å². The monoisotopic (exact) mass is 344 g/mol. The molecule has 5 heteroatoms. The average Bonchev–Trinajstić information content (AvgIpc) is 3.11. The number of nitrogens with zero attached hydrogens (tertiary/aromatic N) is 2. The second-order valence-corrected chi connectivity index (χ2v) is 7.55. The fourth-order valence-electron chi connectivity index (χ4n) is 4.22. The molecular formula is C20H28N2O3. The average molecular weight is 344 g/mol. The quantitative estimate of drug-likeness (QED) is 0.842. The van der Waals surface area contributed by atoms with E-state index in [-0.39, 0.29) is 0 Å². The Hall–Kier alpha value is -1.75. The molecule has 1 amide bonds. The van der Waals surface area contributed by atoms with Gasteiger partial charge in [-0.3, -0.25) is 9.69 Å². The fraction of sp³-hybridized carbons (Fsp3) is 0.650. The Kier molecular flexibility index (Phi) is 5.11. The number of rotatable bonds is 4. The molecule has 1 saturated carbocycles. The number of piperazine rings is 1. The lowest BCUT2D eigenvalue weighted by atomic mass is 9.86. The van der Waals surface area contributed by atoms with Gasteiger partial charge >= 0.3 is 0 Å². The zero-order valence-corrected chi connectivity index (χ0v) is 14.9. The van der Waals surface area contributed by atoms with Gasteiger partial charge in [-0.05, 0) is 36.5 Å². The molecule has 0 atom stereocenters. The lowest BCUT2D eigenvalue weighted by molar-refractivity contribution is -0.134. The van der Waals surface area contributed by atoms with E-state index in [9.17, 15) is 4.79 Å². The Bertz CT molecular complexity index is 605. The highest BCUT2D eigenvalue weighted by Gasteiger charge is 2.24. The van der Waals surface area contributed by atoms with Crippen LogP contribution >= 0.6 is 0 Å². The molecule has 2 aliphatic heterocycles. The summed E-state index contributed by atoms with van der Waals surface area (Å²) in [6.45, 7) is 4.84. The van der Waals surface area contributed by atoms with E-state index in [2.05, 4.69) is 21.9 Å². The minimum atomic E-state index is 0.320. The summed E-state index contributed by atoms with van der Waals surface area (Å²) >= 11 is 0.